The van der Waals surface area contributed by atoms with Gasteiger partial charge in [-0.25, -0.2) is 0 Å². The molecule has 6 heteroatoms. The molecule has 6 nitrogen and oxygen atoms in total. The third-order valence-electron chi connectivity index (χ3n) is 2.78. The van der Waals surface area contributed by atoms with E-state index in [0.717, 1.165) is 0 Å². The topological polar surface area (TPSA) is 77.9 Å². The molecule has 0 aromatic carbocycles. The van der Waals surface area contributed by atoms with Crippen molar-refractivity contribution in [2.45, 2.75) is 26.7 Å². The zero-order chi connectivity index (χ0) is 13.7. The standard InChI is InChI=1S/C12H20N2O4/c1-9(2)7-13(8-12(17)18)5-6-14-10(15)3-4-11(14)16/h9H,3-8H2,1-2H3,(H,17,18). The summed E-state index contributed by atoms with van der Waals surface area (Å²) in [5.74, 6) is -0.858. The molecule has 0 radical (unpaired) electrons. The summed E-state index contributed by atoms with van der Waals surface area (Å²) in [6.07, 6.45) is 0.559. The molecule has 0 saturated carbocycles. The quantitative estimate of drug-likeness (QED) is 0.657. The Labute approximate surface area is 107 Å². The maximum atomic E-state index is 11.4. The molecule has 1 aliphatic heterocycles. The molecule has 1 saturated heterocycles. The first-order chi connectivity index (χ1) is 8.40. The zero-order valence-electron chi connectivity index (χ0n) is 10.9. The van der Waals surface area contributed by atoms with Crippen LogP contribution >= 0.6 is 0 Å². The van der Waals surface area contributed by atoms with E-state index < -0.39 is 5.97 Å². The first-order valence-electron chi connectivity index (χ1n) is 6.17. The van der Waals surface area contributed by atoms with Crippen LogP contribution in [0.15, 0.2) is 0 Å². The number of likely N-dealkylation sites (tertiary alicyclic amines) is 1. The molecule has 1 heterocycles. The second-order valence-electron chi connectivity index (χ2n) is 4.96. The van der Waals surface area contributed by atoms with Crippen molar-refractivity contribution in [1.29, 1.82) is 0 Å². The fourth-order valence-electron chi connectivity index (χ4n) is 2.06. The molecule has 0 aliphatic carbocycles. The minimum atomic E-state index is -0.894. The average molecular weight is 256 g/mol. The van der Waals surface area contributed by atoms with E-state index >= 15 is 0 Å². The number of carbonyl (C=O) groups is 3. The van der Waals surface area contributed by atoms with Crippen LogP contribution in [-0.2, 0) is 14.4 Å². The van der Waals surface area contributed by atoms with Crippen LogP contribution in [0.25, 0.3) is 0 Å². The zero-order valence-corrected chi connectivity index (χ0v) is 10.9. The van der Waals surface area contributed by atoms with Gasteiger partial charge in [0, 0.05) is 32.5 Å². The number of carbonyl (C=O) groups excluding carboxylic acids is 2. The number of rotatable bonds is 7. The molecule has 1 N–H and O–H groups in total. The predicted molar refractivity (Wildman–Crippen MR) is 64.9 cm³/mol. The average Bonchev–Trinajstić information content (AvgIpc) is 2.54. The molecule has 102 valence electrons. The van der Waals surface area contributed by atoms with Crippen molar-refractivity contribution in [3.05, 3.63) is 0 Å². The van der Waals surface area contributed by atoms with E-state index in [1.54, 1.807) is 4.90 Å². The van der Waals surface area contributed by atoms with Gasteiger partial charge in [-0.05, 0) is 5.92 Å². The van der Waals surface area contributed by atoms with E-state index in [2.05, 4.69) is 0 Å². The number of imide groups is 1. The van der Waals surface area contributed by atoms with Crippen LogP contribution in [0, 0.1) is 5.92 Å². The predicted octanol–water partition coefficient (Wildman–Crippen LogP) is 0.178. The molecule has 0 aromatic heterocycles. The summed E-state index contributed by atoms with van der Waals surface area (Å²) in [5, 5.41) is 8.80. The Morgan fingerprint density at radius 2 is 1.89 bits per heavy atom. The number of carboxylic acids is 1. The summed E-state index contributed by atoms with van der Waals surface area (Å²) in [7, 11) is 0. The van der Waals surface area contributed by atoms with Gasteiger partial charge in [0.1, 0.15) is 0 Å². The summed E-state index contributed by atoms with van der Waals surface area (Å²) in [6.45, 7) is 5.29. The summed E-state index contributed by atoms with van der Waals surface area (Å²) in [6, 6.07) is 0. The smallest absolute Gasteiger partial charge is 0.317 e. The summed E-state index contributed by atoms with van der Waals surface area (Å²) in [4.78, 5) is 36.5. The second kappa shape index (κ2) is 6.49. The number of nitrogens with zero attached hydrogens (tertiary/aromatic N) is 2. The normalized spacial score (nSPS) is 16.1. The monoisotopic (exact) mass is 256 g/mol. The maximum absolute atomic E-state index is 11.4. The SMILES string of the molecule is CC(C)CN(CCN1C(=O)CCC1=O)CC(=O)O. The Morgan fingerprint density at radius 1 is 1.33 bits per heavy atom. The van der Waals surface area contributed by atoms with Crippen molar-refractivity contribution < 1.29 is 19.5 Å². The third-order valence-corrected chi connectivity index (χ3v) is 2.78. The molecule has 0 unspecified atom stereocenters. The highest BCUT2D eigenvalue weighted by Gasteiger charge is 2.28. The van der Waals surface area contributed by atoms with Crippen molar-refractivity contribution in [2.75, 3.05) is 26.2 Å². The van der Waals surface area contributed by atoms with Crippen LogP contribution < -0.4 is 0 Å². The molecule has 0 atom stereocenters. The number of amides is 2. The molecular formula is C12H20N2O4. The molecule has 1 rings (SSSR count). The van der Waals surface area contributed by atoms with Crippen LogP contribution in [-0.4, -0.2) is 58.9 Å². The van der Waals surface area contributed by atoms with Crippen molar-refractivity contribution >= 4 is 17.8 Å². The molecule has 1 aliphatic rings. The van der Waals surface area contributed by atoms with E-state index in [0.29, 0.717) is 19.0 Å². The van der Waals surface area contributed by atoms with Crippen LogP contribution in [0.3, 0.4) is 0 Å². The maximum Gasteiger partial charge on any atom is 0.317 e. The summed E-state index contributed by atoms with van der Waals surface area (Å²) >= 11 is 0. The summed E-state index contributed by atoms with van der Waals surface area (Å²) < 4.78 is 0. The molecule has 0 spiro atoms. The highest BCUT2D eigenvalue weighted by molar-refractivity contribution is 6.01. The largest absolute Gasteiger partial charge is 0.480 e. The van der Waals surface area contributed by atoms with Gasteiger partial charge in [-0.3, -0.25) is 24.2 Å². The molecule has 2 amide bonds. The first-order valence-corrected chi connectivity index (χ1v) is 6.17. The highest BCUT2D eigenvalue weighted by Crippen LogP contribution is 2.11. The Bertz CT molecular complexity index is 325. The Morgan fingerprint density at radius 3 is 2.33 bits per heavy atom. The second-order valence-corrected chi connectivity index (χ2v) is 4.96. The van der Waals surface area contributed by atoms with Gasteiger partial charge in [-0.1, -0.05) is 13.8 Å². The molecule has 18 heavy (non-hydrogen) atoms. The van der Waals surface area contributed by atoms with Gasteiger partial charge in [-0.2, -0.15) is 0 Å². The Balaban J connectivity index is 2.47. The van der Waals surface area contributed by atoms with Gasteiger partial charge in [-0.15, -0.1) is 0 Å². The number of carboxylic acid groups (broad SMARTS) is 1. The third kappa shape index (κ3) is 4.44. The molecular weight excluding hydrogens is 236 g/mol. The van der Waals surface area contributed by atoms with Gasteiger partial charge >= 0.3 is 5.97 Å². The fraction of sp³-hybridized carbons (Fsp3) is 0.750. The fourth-order valence-corrected chi connectivity index (χ4v) is 2.06. The van der Waals surface area contributed by atoms with Crippen molar-refractivity contribution in [1.82, 2.24) is 9.80 Å². The van der Waals surface area contributed by atoms with Crippen molar-refractivity contribution in [3.63, 3.8) is 0 Å². The lowest BCUT2D eigenvalue weighted by Crippen LogP contribution is -2.41. The minimum Gasteiger partial charge on any atom is -0.480 e. The van der Waals surface area contributed by atoms with Gasteiger partial charge in [0.25, 0.3) is 0 Å². The molecule has 0 aromatic rings. The van der Waals surface area contributed by atoms with Gasteiger partial charge in [0.2, 0.25) is 11.8 Å². The van der Waals surface area contributed by atoms with E-state index in [-0.39, 0.29) is 37.7 Å². The van der Waals surface area contributed by atoms with Crippen LogP contribution in [0.4, 0.5) is 0 Å². The van der Waals surface area contributed by atoms with Crippen molar-refractivity contribution in [3.8, 4) is 0 Å². The Hall–Kier alpha value is -1.43. The molecule has 1 fully saturated rings. The van der Waals surface area contributed by atoms with E-state index in [9.17, 15) is 14.4 Å². The van der Waals surface area contributed by atoms with Crippen LogP contribution in [0.2, 0.25) is 0 Å². The minimum absolute atomic E-state index is 0.0611. The number of hydrogen-bond acceptors (Lipinski definition) is 4. The number of hydrogen-bond donors (Lipinski definition) is 1. The highest BCUT2D eigenvalue weighted by atomic mass is 16.4. The summed E-state index contributed by atoms with van der Waals surface area (Å²) in [5.41, 5.74) is 0. The van der Waals surface area contributed by atoms with Gasteiger partial charge in [0.05, 0.1) is 6.54 Å². The van der Waals surface area contributed by atoms with Gasteiger partial charge in [0.15, 0.2) is 0 Å². The lowest BCUT2D eigenvalue weighted by Gasteiger charge is -2.24. The van der Waals surface area contributed by atoms with Crippen molar-refractivity contribution in [2.24, 2.45) is 5.92 Å². The van der Waals surface area contributed by atoms with Crippen LogP contribution in [0.5, 0.6) is 0 Å². The number of aliphatic carboxylic acids is 1. The van der Waals surface area contributed by atoms with E-state index in [1.165, 1.54) is 4.90 Å². The van der Waals surface area contributed by atoms with Crippen LogP contribution in [0.1, 0.15) is 26.7 Å². The Kier molecular flexibility index (Phi) is 5.27. The lowest BCUT2D eigenvalue weighted by atomic mass is 10.2. The first kappa shape index (κ1) is 14.6. The van der Waals surface area contributed by atoms with Gasteiger partial charge < -0.3 is 5.11 Å². The lowest BCUT2D eigenvalue weighted by molar-refractivity contribution is -0.139. The van der Waals surface area contributed by atoms with E-state index in [1.807, 2.05) is 13.8 Å². The molecule has 0 bridgehead atoms. The van der Waals surface area contributed by atoms with E-state index in [4.69, 9.17) is 5.11 Å².